The molecular weight excluding hydrogens is 276 g/mol. The van der Waals surface area contributed by atoms with Crippen molar-refractivity contribution in [1.29, 1.82) is 0 Å². The molecule has 7 nitrogen and oxygen atoms in total. The highest BCUT2D eigenvalue weighted by molar-refractivity contribution is 5.74. The average Bonchev–Trinajstić information content (AvgIpc) is 2.35. The van der Waals surface area contributed by atoms with Crippen molar-refractivity contribution in [1.82, 2.24) is 4.90 Å². The number of hydrogen-bond acceptors (Lipinski definition) is 5. The summed E-state index contributed by atoms with van der Waals surface area (Å²) in [6.07, 6.45) is -0.875. The lowest BCUT2D eigenvalue weighted by Gasteiger charge is -2.42. The van der Waals surface area contributed by atoms with Crippen LogP contribution in [0.5, 0.6) is 0 Å². The molecule has 1 aliphatic heterocycles. The van der Waals surface area contributed by atoms with Crippen LogP contribution < -0.4 is 5.73 Å². The van der Waals surface area contributed by atoms with Crippen LogP contribution >= 0.6 is 0 Å². The topological polar surface area (TPSA) is 102 Å². The summed E-state index contributed by atoms with van der Waals surface area (Å²) in [6.45, 7) is 9.88. The standard InChI is InChI=1S/C14H26N2O5/c1-13(2,3)21-12(19)16-6-7-20-9(8-16)14(4,5)10(15)11(17)18/h9-10H,6-8,15H2,1-5H3,(H,17,18). The van der Waals surface area contributed by atoms with E-state index in [-0.39, 0.29) is 6.54 Å². The monoisotopic (exact) mass is 302 g/mol. The number of hydrogen-bond donors (Lipinski definition) is 2. The molecule has 1 rings (SSSR count). The maximum atomic E-state index is 12.1. The van der Waals surface area contributed by atoms with E-state index in [1.807, 2.05) is 0 Å². The molecule has 21 heavy (non-hydrogen) atoms. The molecule has 0 aromatic carbocycles. The van der Waals surface area contributed by atoms with Crippen molar-refractivity contribution in [2.45, 2.75) is 52.4 Å². The van der Waals surface area contributed by atoms with Gasteiger partial charge in [-0.05, 0) is 20.8 Å². The van der Waals surface area contributed by atoms with Gasteiger partial charge in [0.05, 0.1) is 19.3 Å². The molecular formula is C14H26N2O5. The van der Waals surface area contributed by atoms with Crippen molar-refractivity contribution in [2.75, 3.05) is 19.7 Å². The second-order valence-corrected chi connectivity index (χ2v) is 6.92. The van der Waals surface area contributed by atoms with E-state index >= 15 is 0 Å². The van der Waals surface area contributed by atoms with Gasteiger partial charge in [0.25, 0.3) is 0 Å². The molecule has 1 saturated heterocycles. The van der Waals surface area contributed by atoms with Gasteiger partial charge in [-0.2, -0.15) is 0 Å². The first-order valence-corrected chi connectivity index (χ1v) is 7.03. The van der Waals surface area contributed by atoms with E-state index in [0.29, 0.717) is 13.2 Å². The molecule has 0 aromatic heterocycles. The van der Waals surface area contributed by atoms with E-state index in [4.69, 9.17) is 20.3 Å². The van der Waals surface area contributed by atoms with Gasteiger partial charge in [0, 0.05) is 12.0 Å². The van der Waals surface area contributed by atoms with Gasteiger partial charge in [-0.15, -0.1) is 0 Å². The van der Waals surface area contributed by atoms with Gasteiger partial charge in [-0.3, -0.25) is 4.79 Å². The van der Waals surface area contributed by atoms with E-state index in [0.717, 1.165) is 0 Å². The van der Waals surface area contributed by atoms with Crippen LogP contribution in [-0.2, 0) is 14.3 Å². The van der Waals surface area contributed by atoms with Gasteiger partial charge in [0.2, 0.25) is 0 Å². The van der Waals surface area contributed by atoms with E-state index in [2.05, 4.69) is 0 Å². The lowest BCUT2D eigenvalue weighted by atomic mass is 9.78. The number of carboxylic acid groups (broad SMARTS) is 1. The fourth-order valence-electron chi connectivity index (χ4n) is 2.11. The SMILES string of the molecule is CC(C)(C)OC(=O)N1CCOC(C(C)(C)C(N)C(=O)O)C1. The van der Waals surface area contributed by atoms with Gasteiger partial charge in [-0.25, -0.2) is 4.79 Å². The average molecular weight is 302 g/mol. The summed E-state index contributed by atoms with van der Waals surface area (Å²) in [6, 6.07) is -1.07. The molecule has 0 spiro atoms. The highest BCUT2D eigenvalue weighted by Gasteiger charge is 2.43. The fraction of sp³-hybridized carbons (Fsp3) is 0.857. The van der Waals surface area contributed by atoms with E-state index < -0.39 is 35.2 Å². The minimum Gasteiger partial charge on any atom is -0.480 e. The minimum atomic E-state index is -1.09. The van der Waals surface area contributed by atoms with Crippen molar-refractivity contribution >= 4 is 12.1 Å². The van der Waals surface area contributed by atoms with Crippen molar-refractivity contribution in [3.05, 3.63) is 0 Å². The number of morpholine rings is 1. The Kier molecular flexibility index (Phi) is 5.22. The molecule has 0 aliphatic carbocycles. The second-order valence-electron chi connectivity index (χ2n) is 6.92. The summed E-state index contributed by atoms with van der Waals surface area (Å²) in [7, 11) is 0. The first-order chi connectivity index (χ1) is 9.45. The van der Waals surface area contributed by atoms with E-state index in [1.165, 1.54) is 4.90 Å². The third-order valence-electron chi connectivity index (χ3n) is 3.62. The molecule has 0 aromatic rings. The van der Waals surface area contributed by atoms with Gasteiger partial charge >= 0.3 is 12.1 Å². The Labute approximate surface area is 125 Å². The quantitative estimate of drug-likeness (QED) is 0.808. The zero-order chi connectivity index (χ0) is 16.4. The Morgan fingerprint density at radius 1 is 1.33 bits per heavy atom. The Balaban J connectivity index is 2.76. The highest BCUT2D eigenvalue weighted by Crippen LogP contribution is 2.30. The Bertz CT molecular complexity index is 403. The molecule has 0 radical (unpaired) electrons. The maximum Gasteiger partial charge on any atom is 0.410 e. The number of rotatable bonds is 3. The van der Waals surface area contributed by atoms with Crippen LogP contribution in [0.2, 0.25) is 0 Å². The second kappa shape index (κ2) is 6.19. The first kappa shape index (κ1) is 17.7. The van der Waals surface area contributed by atoms with Crippen LogP contribution in [0.25, 0.3) is 0 Å². The Morgan fingerprint density at radius 3 is 2.38 bits per heavy atom. The Morgan fingerprint density at radius 2 is 1.90 bits per heavy atom. The van der Waals surface area contributed by atoms with Crippen molar-refractivity contribution in [2.24, 2.45) is 11.1 Å². The summed E-state index contributed by atoms with van der Waals surface area (Å²) >= 11 is 0. The number of ether oxygens (including phenoxy) is 2. The van der Waals surface area contributed by atoms with Crippen LogP contribution in [0.3, 0.4) is 0 Å². The largest absolute Gasteiger partial charge is 0.480 e. The van der Waals surface area contributed by atoms with Crippen molar-refractivity contribution < 1.29 is 24.2 Å². The lowest BCUT2D eigenvalue weighted by Crippen LogP contribution is -2.58. The van der Waals surface area contributed by atoms with Gasteiger partial charge in [0.1, 0.15) is 11.6 Å². The molecule has 1 amide bonds. The summed E-state index contributed by atoms with van der Waals surface area (Å²) in [5.74, 6) is -1.09. The van der Waals surface area contributed by atoms with Gasteiger partial charge < -0.3 is 25.2 Å². The molecule has 2 unspecified atom stereocenters. The van der Waals surface area contributed by atoms with Crippen molar-refractivity contribution in [3.8, 4) is 0 Å². The number of carbonyl (C=O) groups is 2. The fourth-order valence-corrected chi connectivity index (χ4v) is 2.11. The molecule has 0 saturated carbocycles. The summed E-state index contributed by atoms with van der Waals surface area (Å²) in [5.41, 5.74) is 4.36. The third-order valence-corrected chi connectivity index (χ3v) is 3.62. The molecule has 7 heteroatoms. The van der Waals surface area contributed by atoms with Crippen LogP contribution in [0.15, 0.2) is 0 Å². The molecule has 1 aliphatic rings. The molecule has 3 N–H and O–H groups in total. The van der Waals surface area contributed by atoms with Gasteiger partial charge in [-0.1, -0.05) is 13.8 Å². The smallest absolute Gasteiger partial charge is 0.410 e. The third kappa shape index (κ3) is 4.57. The predicted molar refractivity (Wildman–Crippen MR) is 76.9 cm³/mol. The maximum absolute atomic E-state index is 12.1. The normalized spacial score (nSPS) is 21.8. The number of carboxylic acids is 1. The first-order valence-electron chi connectivity index (χ1n) is 7.03. The molecule has 1 fully saturated rings. The molecule has 2 atom stereocenters. The number of aliphatic carboxylic acids is 1. The van der Waals surface area contributed by atoms with Crippen LogP contribution in [0.1, 0.15) is 34.6 Å². The van der Waals surface area contributed by atoms with Crippen LogP contribution in [-0.4, -0.2) is 59.5 Å². The zero-order valence-corrected chi connectivity index (χ0v) is 13.4. The van der Waals surface area contributed by atoms with Crippen LogP contribution in [0, 0.1) is 5.41 Å². The van der Waals surface area contributed by atoms with E-state index in [1.54, 1.807) is 34.6 Å². The highest BCUT2D eigenvalue weighted by atomic mass is 16.6. The lowest BCUT2D eigenvalue weighted by molar-refractivity contribution is -0.148. The molecule has 1 heterocycles. The summed E-state index contributed by atoms with van der Waals surface area (Å²) in [5, 5.41) is 9.09. The summed E-state index contributed by atoms with van der Waals surface area (Å²) in [4.78, 5) is 24.7. The number of amides is 1. The minimum absolute atomic E-state index is 0.267. The van der Waals surface area contributed by atoms with Gasteiger partial charge in [0.15, 0.2) is 0 Å². The number of nitrogens with two attached hydrogens (primary N) is 1. The number of nitrogens with zero attached hydrogens (tertiary/aromatic N) is 1. The van der Waals surface area contributed by atoms with Crippen LogP contribution in [0.4, 0.5) is 4.79 Å². The van der Waals surface area contributed by atoms with Crippen molar-refractivity contribution in [3.63, 3.8) is 0 Å². The van der Waals surface area contributed by atoms with E-state index in [9.17, 15) is 9.59 Å². The predicted octanol–water partition coefficient (Wildman–Crippen LogP) is 1.06. The molecule has 0 bridgehead atoms. The Hall–Kier alpha value is -1.34. The number of carbonyl (C=O) groups excluding carboxylic acids is 1. The molecule has 122 valence electrons. The zero-order valence-electron chi connectivity index (χ0n) is 13.4. The summed E-state index contributed by atoms with van der Waals surface area (Å²) < 4.78 is 11.0.